The van der Waals surface area contributed by atoms with E-state index in [4.69, 9.17) is 4.74 Å². The molecule has 3 rings (SSSR count). The summed E-state index contributed by atoms with van der Waals surface area (Å²) in [6.45, 7) is 9.33. The molecule has 0 spiro atoms. The average molecular weight is 425 g/mol. The summed E-state index contributed by atoms with van der Waals surface area (Å²) in [5.74, 6) is -0.252. The fourth-order valence-electron chi connectivity index (χ4n) is 4.00. The van der Waals surface area contributed by atoms with Gasteiger partial charge >= 0.3 is 6.03 Å². The van der Waals surface area contributed by atoms with Gasteiger partial charge in [0.15, 0.2) is 0 Å². The minimum atomic E-state index is -0.360. The summed E-state index contributed by atoms with van der Waals surface area (Å²) >= 11 is 0. The number of rotatable bonds is 7. The van der Waals surface area contributed by atoms with Crippen molar-refractivity contribution in [1.29, 1.82) is 0 Å². The molecular formula is C24H32N4O3. The summed E-state index contributed by atoms with van der Waals surface area (Å²) < 4.78 is 5.46. The molecule has 31 heavy (non-hydrogen) atoms. The standard InChI is InChI=1S/C24H32N4O3/c1-17-13-18(2)23(19(3)14-17)27-22(29)16-26-24(30)25-15-21(20-7-5-4-6-8-20)28-9-11-31-12-10-28/h4-8,13-14,21H,9-12,15-16H2,1-3H3,(H,27,29)(H2,25,26,30)/t21-/m1/s1. The predicted molar refractivity (Wildman–Crippen MR) is 122 cm³/mol. The number of benzene rings is 2. The third-order valence-electron chi connectivity index (χ3n) is 5.48. The Hall–Kier alpha value is -2.90. The third kappa shape index (κ3) is 6.54. The van der Waals surface area contributed by atoms with E-state index in [9.17, 15) is 9.59 Å². The van der Waals surface area contributed by atoms with Crippen molar-refractivity contribution >= 4 is 17.6 Å². The number of nitrogens with one attached hydrogen (secondary N) is 3. The molecule has 1 atom stereocenters. The van der Waals surface area contributed by atoms with E-state index in [1.807, 2.05) is 51.1 Å². The molecule has 7 nitrogen and oxygen atoms in total. The molecule has 0 radical (unpaired) electrons. The maximum absolute atomic E-state index is 12.4. The number of amides is 3. The number of carbonyl (C=O) groups excluding carboxylic acids is 2. The van der Waals surface area contributed by atoms with Gasteiger partial charge in [-0.1, -0.05) is 48.0 Å². The molecule has 0 aliphatic carbocycles. The Morgan fingerprint density at radius 1 is 1.00 bits per heavy atom. The number of carbonyl (C=O) groups is 2. The smallest absolute Gasteiger partial charge is 0.315 e. The molecule has 0 bridgehead atoms. The normalized spacial score (nSPS) is 15.2. The van der Waals surface area contributed by atoms with Gasteiger partial charge in [0, 0.05) is 25.3 Å². The molecule has 0 saturated carbocycles. The van der Waals surface area contributed by atoms with Crippen LogP contribution in [0.4, 0.5) is 10.5 Å². The first-order valence-electron chi connectivity index (χ1n) is 10.7. The maximum Gasteiger partial charge on any atom is 0.315 e. The summed E-state index contributed by atoms with van der Waals surface area (Å²) in [6.07, 6.45) is 0. The molecule has 1 aliphatic heterocycles. The van der Waals surface area contributed by atoms with Gasteiger partial charge in [-0.3, -0.25) is 9.69 Å². The lowest BCUT2D eigenvalue weighted by atomic mass is 10.0. The van der Waals surface area contributed by atoms with Crippen molar-refractivity contribution in [2.24, 2.45) is 0 Å². The van der Waals surface area contributed by atoms with Crippen LogP contribution in [0, 0.1) is 20.8 Å². The van der Waals surface area contributed by atoms with E-state index in [1.54, 1.807) is 0 Å². The van der Waals surface area contributed by atoms with Gasteiger partial charge in [-0.05, 0) is 37.5 Å². The van der Waals surface area contributed by atoms with Gasteiger partial charge in [-0.25, -0.2) is 4.79 Å². The molecule has 1 fully saturated rings. The monoisotopic (exact) mass is 424 g/mol. The fourth-order valence-corrected chi connectivity index (χ4v) is 4.00. The van der Waals surface area contributed by atoms with Gasteiger partial charge in [0.25, 0.3) is 0 Å². The highest BCUT2D eigenvalue weighted by Crippen LogP contribution is 2.22. The summed E-state index contributed by atoms with van der Waals surface area (Å²) in [4.78, 5) is 27.0. The van der Waals surface area contributed by atoms with Crippen molar-refractivity contribution in [3.63, 3.8) is 0 Å². The SMILES string of the molecule is Cc1cc(C)c(NC(=O)CNC(=O)NC[C@H](c2ccccc2)N2CCOCC2)c(C)c1. The van der Waals surface area contributed by atoms with E-state index in [2.05, 4.69) is 33.0 Å². The van der Waals surface area contributed by atoms with Crippen molar-refractivity contribution in [2.45, 2.75) is 26.8 Å². The quantitative estimate of drug-likeness (QED) is 0.638. The molecule has 1 heterocycles. The van der Waals surface area contributed by atoms with Crippen LogP contribution < -0.4 is 16.0 Å². The zero-order valence-corrected chi connectivity index (χ0v) is 18.5. The van der Waals surface area contributed by atoms with Gasteiger partial charge in [0.05, 0.1) is 25.8 Å². The second kappa shape index (κ2) is 10.9. The van der Waals surface area contributed by atoms with E-state index in [0.717, 1.165) is 41.0 Å². The fraction of sp³-hybridized carbons (Fsp3) is 0.417. The number of morpholine rings is 1. The first-order valence-corrected chi connectivity index (χ1v) is 10.7. The van der Waals surface area contributed by atoms with E-state index in [-0.39, 0.29) is 24.5 Å². The highest BCUT2D eigenvalue weighted by Gasteiger charge is 2.23. The van der Waals surface area contributed by atoms with Gasteiger partial charge in [-0.15, -0.1) is 0 Å². The number of nitrogens with zero attached hydrogens (tertiary/aromatic N) is 1. The van der Waals surface area contributed by atoms with E-state index in [0.29, 0.717) is 19.8 Å². The number of hydrogen-bond acceptors (Lipinski definition) is 4. The molecular weight excluding hydrogens is 392 g/mol. The topological polar surface area (TPSA) is 82.7 Å². The van der Waals surface area contributed by atoms with Crippen LogP contribution in [0.3, 0.4) is 0 Å². The minimum Gasteiger partial charge on any atom is -0.379 e. The molecule has 1 saturated heterocycles. The Morgan fingerprint density at radius 3 is 2.29 bits per heavy atom. The first kappa shape index (κ1) is 22.8. The minimum absolute atomic E-state index is 0.0579. The molecule has 3 N–H and O–H groups in total. The lowest BCUT2D eigenvalue weighted by Crippen LogP contribution is -2.46. The molecule has 2 aromatic carbocycles. The van der Waals surface area contributed by atoms with E-state index >= 15 is 0 Å². The number of urea groups is 1. The van der Waals surface area contributed by atoms with Crippen LogP contribution >= 0.6 is 0 Å². The molecule has 3 amide bonds. The summed E-state index contributed by atoms with van der Waals surface area (Å²) in [7, 11) is 0. The third-order valence-corrected chi connectivity index (χ3v) is 5.48. The average Bonchev–Trinajstić information content (AvgIpc) is 2.76. The zero-order valence-electron chi connectivity index (χ0n) is 18.5. The van der Waals surface area contributed by atoms with Crippen molar-refractivity contribution < 1.29 is 14.3 Å². The molecule has 1 aliphatic rings. The Morgan fingerprint density at radius 2 is 1.65 bits per heavy atom. The van der Waals surface area contributed by atoms with Crippen LogP contribution in [0.5, 0.6) is 0 Å². The van der Waals surface area contributed by atoms with Gasteiger partial charge in [-0.2, -0.15) is 0 Å². The second-order valence-corrected chi connectivity index (χ2v) is 7.96. The van der Waals surface area contributed by atoms with Crippen LogP contribution in [0.25, 0.3) is 0 Å². The summed E-state index contributed by atoms with van der Waals surface area (Å²) in [6, 6.07) is 13.9. The van der Waals surface area contributed by atoms with Crippen molar-refractivity contribution in [3.8, 4) is 0 Å². The Labute approximate surface area is 184 Å². The van der Waals surface area contributed by atoms with Crippen LogP contribution in [0.1, 0.15) is 28.3 Å². The Kier molecular flexibility index (Phi) is 8.03. The summed E-state index contributed by atoms with van der Waals surface area (Å²) in [5, 5.41) is 8.47. The largest absolute Gasteiger partial charge is 0.379 e. The van der Waals surface area contributed by atoms with Crippen LogP contribution in [0.2, 0.25) is 0 Å². The Bertz CT molecular complexity index is 872. The van der Waals surface area contributed by atoms with Gasteiger partial charge in [0.1, 0.15) is 0 Å². The first-order chi connectivity index (χ1) is 14.9. The molecule has 7 heteroatoms. The van der Waals surface area contributed by atoms with Crippen molar-refractivity contribution in [2.75, 3.05) is 44.7 Å². The molecule has 2 aromatic rings. The van der Waals surface area contributed by atoms with Crippen LogP contribution in [-0.2, 0) is 9.53 Å². The number of aryl methyl sites for hydroxylation is 3. The van der Waals surface area contributed by atoms with E-state index in [1.165, 1.54) is 0 Å². The van der Waals surface area contributed by atoms with Crippen LogP contribution in [-0.4, -0.2) is 56.2 Å². The van der Waals surface area contributed by atoms with Gasteiger partial charge in [0.2, 0.25) is 5.91 Å². The lowest BCUT2D eigenvalue weighted by Gasteiger charge is -2.34. The number of hydrogen-bond donors (Lipinski definition) is 3. The summed E-state index contributed by atoms with van der Waals surface area (Å²) in [5.41, 5.74) is 5.11. The van der Waals surface area contributed by atoms with E-state index < -0.39 is 0 Å². The molecule has 0 unspecified atom stereocenters. The maximum atomic E-state index is 12.4. The predicted octanol–water partition coefficient (Wildman–Crippen LogP) is 2.92. The zero-order chi connectivity index (χ0) is 22.2. The number of ether oxygens (including phenoxy) is 1. The highest BCUT2D eigenvalue weighted by atomic mass is 16.5. The number of anilines is 1. The van der Waals surface area contributed by atoms with Crippen molar-refractivity contribution in [3.05, 3.63) is 64.7 Å². The second-order valence-electron chi connectivity index (χ2n) is 7.96. The molecule has 166 valence electrons. The van der Waals surface area contributed by atoms with Crippen molar-refractivity contribution in [1.82, 2.24) is 15.5 Å². The molecule has 0 aromatic heterocycles. The van der Waals surface area contributed by atoms with Crippen LogP contribution in [0.15, 0.2) is 42.5 Å². The Balaban J connectivity index is 1.51. The van der Waals surface area contributed by atoms with Gasteiger partial charge < -0.3 is 20.7 Å². The highest BCUT2D eigenvalue weighted by molar-refractivity contribution is 5.95. The lowest BCUT2D eigenvalue weighted by molar-refractivity contribution is -0.115.